The molecule has 0 bridgehead atoms. The standard InChI is InChI=1S/C17H22N2O5/c1-12(17(22)23)18-16(21)13-7-9-19(10-8-13)15(20)11-24-14-5-3-2-4-6-14/h2-6,12-13H,7-11H2,1H3,(H,18,21)(H,22,23). The van der Waals surface area contributed by atoms with Crippen molar-refractivity contribution in [3.05, 3.63) is 30.3 Å². The van der Waals surface area contributed by atoms with Gasteiger partial charge in [0, 0.05) is 19.0 Å². The van der Waals surface area contributed by atoms with Gasteiger partial charge in [-0.1, -0.05) is 18.2 Å². The van der Waals surface area contributed by atoms with Crippen LogP contribution in [0.25, 0.3) is 0 Å². The maximum atomic E-state index is 12.1. The lowest BCUT2D eigenvalue weighted by molar-refractivity contribution is -0.142. The van der Waals surface area contributed by atoms with Crippen LogP contribution in [0.1, 0.15) is 19.8 Å². The zero-order chi connectivity index (χ0) is 17.5. The predicted molar refractivity (Wildman–Crippen MR) is 86.5 cm³/mol. The van der Waals surface area contributed by atoms with Crippen LogP contribution >= 0.6 is 0 Å². The molecule has 2 rings (SSSR count). The largest absolute Gasteiger partial charge is 0.484 e. The van der Waals surface area contributed by atoms with Crippen LogP contribution in [-0.2, 0) is 14.4 Å². The number of piperidine rings is 1. The number of rotatable bonds is 6. The molecule has 1 saturated heterocycles. The monoisotopic (exact) mass is 334 g/mol. The second kappa shape index (κ2) is 8.33. The summed E-state index contributed by atoms with van der Waals surface area (Å²) >= 11 is 0. The maximum Gasteiger partial charge on any atom is 0.325 e. The fourth-order valence-corrected chi connectivity index (χ4v) is 2.54. The fourth-order valence-electron chi connectivity index (χ4n) is 2.54. The van der Waals surface area contributed by atoms with Crippen LogP contribution < -0.4 is 10.1 Å². The Balaban J connectivity index is 1.74. The summed E-state index contributed by atoms with van der Waals surface area (Å²) in [7, 11) is 0. The van der Waals surface area contributed by atoms with Crippen LogP contribution in [0.3, 0.4) is 0 Å². The molecular formula is C17H22N2O5. The van der Waals surface area contributed by atoms with Gasteiger partial charge in [-0.15, -0.1) is 0 Å². The third-order valence-electron chi connectivity index (χ3n) is 4.05. The first kappa shape index (κ1) is 17.8. The molecule has 1 aliphatic rings. The van der Waals surface area contributed by atoms with E-state index in [0.717, 1.165) is 0 Å². The minimum Gasteiger partial charge on any atom is -0.484 e. The highest BCUT2D eigenvalue weighted by Gasteiger charge is 2.28. The van der Waals surface area contributed by atoms with E-state index in [1.165, 1.54) is 6.92 Å². The Morgan fingerprint density at radius 1 is 1.25 bits per heavy atom. The highest BCUT2D eigenvalue weighted by atomic mass is 16.5. The number of carboxylic acid groups (broad SMARTS) is 1. The van der Waals surface area contributed by atoms with Crippen molar-refractivity contribution >= 4 is 17.8 Å². The Labute approximate surface area is 140 Å². The zero-order valence-electron chi connectivity index (χ0n) is 13.6. The third-order valence-corrected chi connectivity index (χ3v) is 4.05. The van der Waals surface area contributed by atoms with Gasteiger partial charge in [0.25, 0.3) is 5.91 Å². The molecule has 1 heterocycles. The van der Waals surface area contributed by atoms with Gasteiger partial charge in [0.05, 0.1) is 0 Å². The van der Waals surface area contributed by atoms with Crippen LogP contribution in [0.4, 0.5) is 0 Å². The van der Waals surface area contributed by atoms with Crippen molar-refractivity contribution in [3.8, 4) is 5.75 Å². The Bertz CT molecular complexity index is 582. The number of nitrogens with one attached hydrogen (secondary N) is 1. The molecule has 1 unspecified atom stereocenters. The molecule has 0 aromatic heterocycles. The number of aliphatic carboxylic acids is 1. The van der Waals surface area contributed by atoms with E-state index >= 15 is 0 Å². The number of nitrogens with zero attached hydrogens (tertiary/aromatic N) is 1. The van der Waals surface area contributed by atoms with Crippen molar-refractivity contribution in [1.82, 2.24) is 10.2 Å². The number of carboxylic acids is 1. The Morgan fingerprint density at radius 3 is 2.46 bits per heavy atom. The van der Waals surface area contributed by atoms with Crippen LogP contribution in [0.5, 0.6) is 5.75 Å². The first-order valence-electron chi connectivity index (χ1n) is 7.96. The van der Waals surface area contributed by atoms with Crippen LogP contribution in [-0.4, -0.2) is 53.5 Å². The van der Waals surface area contributed by atoms with Gasteiger partial charge in [-0.3, -0.25) is 14.4 Å². The lowest BCUT2D eigenvalue weighted by Crippen LogP contribution is -2.47. The number of carbonyl (C=O) groups is 3. The number of benzene rings is 1. The molecule has 24 heavy (non-hydrogen) atoms. The zero-order valence-corrected chi connectivity index (χ0v) is 13.6. The number of likely N-dealkylation sites (tertiary alicyclic amines) is 1. The first-order valence-corrected chi connectivity index (χ1v) is 7.96. The minimum atomic E-state index is -1.06. The number of para-hydroxylation sites is 1. The quantitative estimate of drug-likeness (QED) is 0.805. The lowest BCUT2D eigenvalue weighted by Gasteiger charge is -2.31. The van der Waals surface area contributed by atoms with Gasteiger partial charge >= 0.3 is 5.97 Å². The van der Waals surface area contributed by atoms with Gasteiger partial charge in [0.2, 0.25) is 5.91 Å². The van der Waals surface area contributed by atoms with E-state index in [1.54, 1.807) is 17.0 Å². The Kier molecular flexibility index (Phi) is 6.17. The summed E-state index contributed by atoms with van der Waals surface area (Å²) in [5.41, 5.74) is 0. The minimum absolute atomic E-state index is 0.0308. The molecule has 0 spiro atoms. The predicted octanol–water partition coefficient (Wildman–Crippen LogP) is 0.893. The molecule has 0 radical (unpaired) electrons. The van der Waals surface area contributed by atoms with Crippen molar-refractivity contribution in [3.63, 3.8) is 0 Å². The van der Waals surface area contributed by atoms with Crippen molar-refractivity contribution in [2.75, 3.05) is 19.7 Å². The third kappa shape index (κ3) is 4.97. The molecule has 1 aromatic rings. The summed E-state index contributed by atoms with van der Waals surface area (Å²) in [5.74, 6) is -1.06. The SMILES string of the molecule is CC(NC(=O)C1CCN(C(=O)COc2ccccc2)CC1)C(=O)O. The van der Waals surface area contributed by atoms with Gasteiger partial charge in [0.1, 0.15) is 11.8 Å². The molecular weight excluding hydrogens is 312 g/mol. The molecule has 2 N–H and O–H groups in total. The smallest absolute Gasteiger partial charge is 0.325 e. The first-order chi connectivity index (χ1) is 11.5. The van der Waals surface area contributed by atoms with Crippen LogP contribution in [0.2, 0.25) is 0 Å². The summed E-state index contributed by atoms with van der Waals surface area (Å²) in [6.45, 7) is 2.34. The van der Waals surface area contributed by atoms with E-state index in [-0.39, 0.29) is 24.3 Å². The Morgan fingerprint density at radius 2 is 1.88 bits per heavy atom. The summed E-state index contributed by atoms with van der Waals surface area (Å²) in [6, 6.07) is 8.21. The topological polar surface area (TPSA) is 95.9 Å². The molecule has 1 fully saturated rings. The highest BCUT2D eigenvalue weighted by Crippen LogP contribution is 2.18. The number of amides is 2. The van der Waals surface area contributed by atoms with Crippen LogP contribution in [0.15, 0.2) is 30.3 Å². The van der Waals surface area contributed by atoms with Crippen molar-refractivity contribution in [1.29, 1.82) is 0 Å². The molecule has 1 atom stereocenters. The van der Waals surface area contributed by atoms with Crippen molar-refractivity contribution in [2.24, 2.45) is 5.92 Å². The van der Waals surface area contributed by atoms with E-state index in [2.05, 4.69) is 5.32 Å². The molecule has 2 amide bonds. The number of hydrogen-bond acceptors (Lipinski definition) is 4. The average molecular weight is 334 g/mol. The molecule has 1 aromatic carbocycles. The summed E-state index contributed by atoms with van der Waals surface area (Å²) in [6.07, 6.45) is 1.05. The molecule has 7 nitrogen and oxygen atoms in total. The van der Waals surface area contributed by atoms with Crippen molar-refractivity contribution in [2.45, 2.75) is 25.8 Å². The second-order valence-corrected chi connectivity index (χ2v) is 5.83. The normalized spacial score (nSPS) is 16.3. The summed E-state index contributed by atoms with van der Waals surface area (Å²) in [4.78, 5) is 36.6. The van der Waals surface area contributed by atoms with Crippen LogP contribution in [0, 0.1) is 5.92 Å². The fraction of sp³-hybridized carbons (Fsp3) is 0.471. The number of ether oxygens (including phenoxy) is 1. The van der Waals surface area contributed by atoms with Crippen molar-refractivity contribution < 1.29 is 24.2 Å². The second-order valence-electron chi connectivity index (χ2n) is 5.83. The maximum absolute atomic E-state index is 12.1. The molecule has 130 valence electrons. The van der Waals surface area contributed by atoms with E-state index in [4.69, 9.17) is 9.84 Å². The molecule has 1 aliphatic heterocycles. The van der Waals surface area contributed by atoms with E-state index < -0.39 is 12.0 Å². The molecule has 0 aliphatic carbocycles. The number of hydrogen-bond donors (Lipinski definition) is 2. The Hall–Kier alpha value is -2.57. The van der Waals surface area contributed by atoms with E-state index in [0.29, 0.717) is 31.7 Å². The average Bonchev–Trinajstić information content (AvgIpc) is 2.60. The van der Waals surface area contributed by atoms with E-state index in [1.807, 2.05) is 18.2 Å². The van der Waals surface area contributed by atoms with Gasteiger partial charge in [-0.25, -0.2) is 0 Å². The molecule has 7 heteroatoms. The lowest BCUT2D eigenvalue weighted by atomic mass is 9.95. The van der Waals surface area contributed by atoms with Gasteiger partial charge in [-0.05, 0) is 31.9 Å². The van der Waals surface area contributed by atoms with Gasteiger partial charge in [0.15, 0.2) is 6.61 Å². The summed E-state index contributed by atoms with van der Waals surface area (Å²) < 4.78 is 5.44. The summed E-state index contributed by atoms with van der Waals surface area (Å²) in [5, 5.41) is 11.3. The highest BCUT2D eigenvalue weighted by molar-refractivity contribution is 5.85. The number of carbonyl (C=O) groups excluding carboxylic acids is 2. The molecule has 0 saturated carbocycles. The van der Waals surface area contributed by atoms with Gasteiger partial charge < -0.3 is 20.1 Å². The van der Waals surface area contributed by atoms with Gasteiger partial charge in [-0.2, -0.15) is 0 Å². The van der Waals surface area contributed by atoms with E-state index in [9.17, 15) is 14.4 Å².